The zero-order valence-corrected chi connectivity index (χ0v) is 12.2. The summed E-state index contributed by atoms with van der Waals surface area (Å²) in [4.78, 5) is 4.96. The number of hydrogen-bond donors (Lipinski definition) is 1. The summed E-state index contributed by atoms with van der Waals surface area (Å²) in [6.45, 7) is 5.55. The summed E-state index contributed by atoms with van der Waals surface area (Å²) in [7, 11) is 5.92. The highest BCUT2D eigenvalue weighted by molar-refractivity contribution is 5.29. The molecule has 1 atom stereocenters. The van der Waals surface area contributed by atoms with Gasteiger partial charge in [0.15, 0.2) is 0 Å². The fraction of sp³-hybridized carbons (Fsp3) is 0.600. The standard InChI is InChI=1S/C15H25N3O/c1-16-12-15(18-10-8-17(2)9-11-18)13-4-6-14(19-3)7-5-13/h4-7,15-16H,8-12H2,1-3H3. The smallest absolute Gasteiger partial charge is 0.118 e. The lowest BCUT2D eigenvalue weighted by atomic mass is 10.0. The van der Waals surface area contributed by atoms with Crippen LogP contribution in [0, 0.1) is 0 Å². The summed E-state index contributed by atoms with van der Waals surface area (Å²) in [6, 6.07) is 8.91. The second-order valence-electron chi connectivity index (χ2n) is 5.19. The molecule has 0 amide bonds. The van der Waals surface area contributed by atoms with Gasteiger partial charge in [0.2, 0.25) is 0 Å². The molecule has 4 nitrogen and oxygen atoms in total. The van der Waals surface area contributed by atoms with Gasteiger partial charge in [-0.1, -0.05) is 12.1 Å². The molecule has 0 saturated carbocycles. The van der Waals surface area contributed by atoms with E-state index in [-0.39, 0.29) is 0 Å². The first-order chi connectivity index (χ1) is 9.24. The molecule has 0 aromatic heterocycles. The van der Waals surface area contributed by atoms with Crippen LogP contribution in [0.5, 0.6) is 5.75 Å². The van der Waals surface area contributed by atoms with Crippen molar-refractivity contribution in [2.45, 2.75) is 6.04 Å². The molecule has 2 rings (SSSR count). The van der Waals surface area contributed by atoms with Crippen LogP contribution in [-0.2, 0) is 0 Å². The lowest BCUT2D eigenvalue weighted by Gasteiger charge is -2.38. The van der Waals surface area contributed by atoms with Crippen molar-refractivity contribution in [1.29, 1.82) is 0 Å². The third-order valence-electron chi connectivity index (χ3n) is 3.88. The van der Waals surface area contributed by atoms with Crippen LogP contribution in [0.15, 0.2) is 24.3 Å². The van der Waals surface area contributed by atoms with Gasteiger partial charge >= 0.3 is 0 Å². The van der Waals surface area contributed by atoms with E-state index in [9.17, 15) is 0 Å². The fourth-order valence-corrected chi connectivity index (χ4v) is 2.61. The van der Waals surface area contributed by atoms with Crippen LogP contribution in [0.4, 0.5) is 0 Å². The second-order valence-corrected chi connectivity index (χ2v) is 5.19. The summed E-state index contributed by atoms with van der Waals surface area (Å²) in [5.74, 6) is 0.922. The molecular weight excluding hydrogens is 238 g/mol. The lowest BCUT2D eigenvalue weighted by Crippen LogP contribution is -2.47. The SMILES string of the molecule is CNCC(c1ccc(OC)cc1)N1CCN(C)CC1. The molecule has 1 aromatic rings. The minimum Gasteiger partial charge on any atom is -0.497 e. The van der Waals surface area contributed by atoms with Gasteiger partial charge in [-0.05, 0) is 31.8 Å². The summed E-state index contributed by atoms with van der Waals surface area (Å²) in [5, 5.41) is 3.32. The van der Waals surface area contributed by atoms with Gasteiger partial charge in [0.25, 0.3) is 0 Å². The first-order valence-electron chi connectivity index (χ1n) is 6.95. The number of nitrogens with zero attached hydrogens (tertiary/aromatic N) is 2. The Balaban J connectivity index is 2.09. The first kappa shape index (κ1) is 14.3. The third-order valence-corrected chi connectivity index (χ3v) is 3.88. The average Bonchev–Trinajstić information content (AvgIpc) is 2.46. The van der Waals surface area contributed by atoms with Crippen LogP contribution in [0.1, 0.15) is 11.6 Å². The van der Waals surface area contributed by atoms with Gasteiger partial charge < -0.3 is 15.0 Å². The van der Waals surface area contributed by atoms with Crippen LogP contribution in [-0.4, -0.2) is 63.7 Å². The molecule has 106 valence electrons. The van der Waals surface area contributed by atoms with E-state index < -0.39 is 0 Å². The number of likely N-dealkylation sites (N-methyl/N-ethyl adjacent to an activating group) is 2. The van der Waals surface area contributed by atoms with Gasteiger partial charge in [0.1, 0.15) is 5.75 Å². The van der Waals surface area contributed by atoms with Gasteiger partial charge in [-0.25, -0.2) is 0 Å². The molecule has 1 N–H and O–H groups in total. The fourth-order valence-electron chi connectivity index (χ4n) is 2.61. The second kappa shape index (κ2) is 6.89. The topological polar surface area (TPSA) is 27.7 Å². The molecule has 0 bridgehead atoms. The van der Waals surface area contributed by atoms with Crippen LogP contribution in [0.3, 0.4) is 0 Å². The Morgan fingerprint density at radius 3 is 2.32 bits per heavy atom. The van der Waals surface area contributed by atoms with E-state index in [2.05, 4.69) is 34.3 Å². The molecule has 0 spiro atoms. The largest absolute Gasteiger partial charge is 0.497 e. The molecule has 1 unspecified atom stereocenters. The third kappa shape index (κ3) is 3.69. The number of nitrogens with one attached hydrogen (secondary N) is 1. The molecule has 4 heteroatoms. The van der Waals surface area contributed by atoms with Crippen LogP contribution in [0.25, 0.3) is 0 Å². The van der Waals surface area contributed by atoms with E-state index in [0.29, 0.717) is 6.04 Å². The van der Waals surface area contributed by atoms with Crippen molar-refractivity contribution in [2.24, 2.45) is 0 Å². The highest BCUT2D eigenvalue weighted by Gasteiger charge is 2.23. The summed E-state index contributed by atoms with van der Waals surface area (Å²) < 4.78 is 5.23. The highest BCUT2D eigenvalue weighted by atomic mass is 16.5. The molecule has 1 aliphatic rings. The van der Waals surface area contributed by atoms with Gasteiger partial charge in [-0.3, -0.25) is 4.90 Å². The van der Waals surface area contributed by atoms with E-state index in [1.807, 2.05) is 19.2 Å². The van der Waals surface area contributed by atoms with Gasteiger partial charge in [0, 0.05) is 38.8 Å². The van der Waals surface area contributed by atoms with Gasteiger partial charge in [-0.15, -0.1) is 0 Å². The van der Waals surface area contributed by atoms with Crippen molar-refractivity contribution in [3.63, 3.8) is 0 Å². The maximum atomic E-state index is 5.23. The van der Waals surface area contributed by atoms with Gasteiger partial charge in [0.05, 0.1) is 7.11 Å². The molecule has 1 heterocycles. The monoisotopic (exact) mass is 263 g/mol. The van der Waals surface area contributed by atoms with Crippen molar-refractivity contribution in [1.82, 2.24) is 15.1 Å². The zero-order valence-electron chi connectivity index (χ0n) is 12.2. The van der Waals surface area contributed by atoms with Crippen molar-refractivity contribution in [2.75, 3.05) is 53.9 Å². The van der Waals surface area contributed by atoms with Crippen LogP contribution < -0.4 is 10.1 Å². The van der Waals surface area contributed by atoms with Gasteiger partial charge in [-0.2, -0.15) is 0 Å². The number of rotatable bonds is 5. The quantitative estimate of drug-likeness (QED) is 0.864. The Kier molecular flexibility index (Phi) is 5.19. The predicted molar refractivity (Wildman–Crippen MR) is 78.7 cm³/mol. The molecule has 1 fully saturated rings. The Bertz CT molecular complexity index is 371. The van der Waals surface area contributed by atoms with Crippen LogP contribution >= 0.6 is 0 Å². The van der Waals surface area contributed by atoms with E-state index in [4.69, 9.17) is 4.74 Å². The maximum absolute atomic E-state index is 5.23. The minimum absolute atomic E-state index is 0.449. The molecule has 0 radical (unpaired) electrons. The van der Waals surface area contributed by atoms with E-state index in [1.54, 1.807) is 7.11 Å². The minimum atomic E-state index is 0.449. The number of piperazine rings is 1. The Hall–Kier alpha value is -1.10. The van der Waals surface area contributed by atoms with E-state index >= 15 is 0 Å². The predicted octanol–water partition coefficient (Wildman–Crippen LogP) is 1.20. The van der Waals surface area contributed by atoms with E-state index in [0.717, 1.165) is 38.5 Å². The number of ether oxygens (including phenoxy) is 1. The summed E-state index contributed by atoms with van der Waals surface area (Å²) in [5.41, 5.74) is 1.36. The Morgan fingerprint density at radius 1 is 1.16 bits per heavy atom. The van der Waals surface area contributed by atoms with Crippen molar-refractivity contribution >= 4 is 0 Å². The molecule has 0 aliphatic carbocycles. The van der Waals surface area contributed by atoms with Crippen molar-refractivity contribution in [3.8, 4) is 5.75 Å². The average molecular weight is 263 g/mol. The summed E-state index contributed by atoms with van der Waals surface area (Å²) >= 11 is 0. The normalized spacial score (nSPS) is 19.3. The van der Waals surface area contributed by atoms with Crippen molar-refractivity contribution < 1.29 is 4.74 Å². The maximum Gasteiger partial charge on any atom is 0.118 e. The van der Waals surface area contributed by atoms with E-state index in [1.165, 1.54) is 5.56 Å². The Morgan fingerprint density at radius 2 is 1.79 bits per heavy atom. The molecule has 19 heavy (non-hydrogen) atoms. The number of hydrogen-bond acceptors (Lipinski definition) is 4. The summed E-state index contributed by atoms with van der Waals surface area (Å²) in [6.07, 6.45) is 0. The molecule has 1 aliphatic heterocycles. The Labute approximate surface area is 116 Å². The highest BCUT2D eigenvalue weighted by Crippen LogP contribution is 2.23. The first-order valence-corrected chi connectivity index (χ1v) is 6.95. The zero-order chi connectivity index (χ0) is 13.7. The molecular formula is C15H25N3O. The number of methoxy groups -OCH3 is 1. The molecule has 1 saturated heterocycles. The van der Waals surface area contributed by atoms with Crippen LogP contribution in [0.2, 0.25) is 0 Å². The number of benzene rings is 1. The molecule has 1 aromatic carbocycles. The van der Waals surface area contributed by atoms with Crippen molar-refractivity contribution in [3.05, 3.63) is 29.8 Å². The lowest BCUT2D eigenvalue weighted by molar-refractivity contribution is 0.111.